The van der Waals surface area contributed by atoms with Crippen molar-refractivity contribution in [3.63, 3.8) is 0 Å². The fourth-order valence-corrected chi connectivity index (χ4v) is 3.88. The molecule has 1 aromatic heterocycles. The average molecular weight is 448 g/mol. The smallest absolute Gasteiger partial charge is 0.338 e. The molecule has 1 aliphatic rings. The van der Waals surface area contributed by atoms with Crippen LogP contribution in [0.15, 0.2) is 63.2 Å². The molecule has 0 aliphatic carbocycles. The van der Waals surface area contributed by atoms with E-state index in [-0.39, 0.29) is 29.7 Å². The van der Waals surface area contributed by atoms with Crippen molar-refractivity contribution in [2.45, 2.75) is 30.8 Å². The van der Waals surface area contributed by atoms with E-state index in [0.29, 0.717) is 11.5 Å². The Labute approximate surface area is 180 Å². The second kappa shape index (κ2) is 9.36. The molecule has 9 nitrogen and oxygen atoms in total. The molecule has 0 bridgehead atoms. The SMILES string of the molecule is CCOC(=O)C1=C(CN[C@@H](C)c2ccc(S(C)(=O)=O)cc2)NC(=O)N[C@@H]1c1ccco1. The number of sulfone groups is 1. The molecule has 3 rings (SSSR count). The summed E-state index contributed by atoms with van der Waals surface area (Å²) in [6, 6.07) is 8.47. The fourth-order valence-electron chi connectivity index (χ4n) is 3.25. The maximum Gasteiger partial charge on any atom is 0.338 e. The van der Waals surface area contributed by atoms with Crippen LogP contribution >= 0.6 is 0 Å². The zero-order chi connectivity index (χ0) is 22.6. The van der Waals surface area contributed by atoms with Gasteiger partial charge in [0.15, 0.2) is 9.84 Å². The molecule has 0 saturated heterocycles. The predicted molar refractivity (Wildman–Crippen MR) is 113 cm³/mol. The first kappa shape index (κ1) is 22.6. The lowest BCUT2D eigenvalue weighted by molar-refractivity contribution is -0.139. The van der Waals surface area contributed by atoms with Gasteiger partial charge >= 0.3 is 12.0 Å². The van der Waals surface area contributed by atoms with Gasteiger partial charge in [-0.3, -0.25) is 0 Å². The molecule has 0 spiro atoms. The Morgan fingerprint density at radius 3 is 2.55 bits per heavy atom. The number of esters is 1. The van der Waals surface area contributed by atoms with Crippen molar-refractivity contribution in [2.24, 2.45) is 0 Å². The first-order valence-electron chi connectivity index (χ1n) is 9.75. The normalized spacial score (nSPS) is 17.6. The first-order valence-corrected chi connectivity index (χ1v) is 11.6. The molecule has 2 atom stereocenters. The van der Waals surface area contributed by atoms with E-state index in [1.807, 2.05) is 6.92 Å². The van der Waals surface area contributed by atoms with Gasteiger partial charge in [-0.05, 0) is 43.7 Å². The zero-order valence-electron chi connectivity index (χ0n) is 17.5. The second-order valence-corrected chi connectivity index (χ2v) is 9.12. The van der Waals surface area contributed by atoms with Crippen LogP contribution in [0.2, 0.25) is 0 Å². The van der Waals surface area contributed by atoms with Gasteiger partial charge in [-0.1, -0.05) is 12.1 Å². The van der Waals surface area contributed by atoms with E-state index in [1.54, 1.807) is 43.3 Å². The highest BCUT2D eigenvalue weighted by Crippen LogP contribution is 2.28. The van der Waals surface area contributed by atoms with Crippen molar-refractivity contribution in [1.29, 1.82) is 0 Å². The monoisotopic (exact) mass is 447 g/mol. The van der Waals surface area contributed by atoms with Crippen LogP contribution in [-0.2, 0) is 19.4 Å². The summed E-state index contributed by atoms with van der Waals surface area (Å²) in [7, 11) is -3.27. The minimum atomic E-state index is -3.27. The predicted octanol–water partition coefficient (Wildman–Crippen LogP) is 2.21. The molecule has 0 radical (unpaired) electrons. The van der Waals surface area contributed by atoms with E-state index in [4.69, 9.17) is 9.15 Å². The number of carbonyl (C=O) groups is 2. The van der Waals surface area contributed by atoms with Gasteiger partial charge in [-0.2, -0.15) is 0 Å². The highest BCUT2D eigenvalue weighted by atomic mass is 32.2. The van der Waals surface area contributed by atoms with Gasteiger partial charge in [0.1, 0.15) is 11.8 Å². The molecular weight excluding hydrogens is 422 g/mol. The molecular formula is C21H25N3O6S. The van der Waals surface area contributed by atoms with Crippen molar-refractivity contribution in [3.05, 3.63) is 65.3 Å². The summed E-state index contributed by atoms with van der Waals surface area (Å²) in [5, 5.41) is 8.62. The number of rotatable bonds is 8. The number of amides is 2. The Hall–Kier alpha value is -3.11. The van der Waals surface area contributed by atoms with Gasteiger partial charge in [0, 0.05) is 24.5 Å². The van der Waals surface area contributed by atoms with Crippen LogP contribution < -0.4 is 16.0 Å². The quantitative estimate of drug-likeness (QED) is 0.530. The van der Waals surface area contributed by atoms with Crippen molar-refractivity contribution >= 4 is 21.8 Å². The lowest BCUT2D eigenvalue weighted by Crippen LogP contribution is -2.48. The van der Waals surface area contributed by atoms with E-state index >= 15 is 0 Å². The maximum atomic E-state index is 12.7. The largest absolute Gasteiger partial charge is 0.467 e. The highest BCUT2D eigenvalue weighted by Gasteiger charge is 2.35. The van der Waals surface area contributed by atoms with Gasteiger partial charge in [0.25, 0.3) is 0 Å². The molecule has 0 fully saturated rings. The Morgan fingerprint density at radius 2 is 1.97 bits per heavy atom. The van der Waals surface area contributed by atoms with E-state index < -0.39 is 27.9 Å². The van der Waals surface area contributed by atoms with Crippen LogP contribution in [0.3, 0.4) is 0 Å². The Morgan fingerprint density at radius 1 is 1.26 bits per heavy atom. The summed E-state index contributed by atoms with van der Waals surface area (Å²) in [5.74, 6) is -0.141. The molecule has 2 amide bonds. The number of urea groups is 1. The molecule has 1 aliphatic heterocycles. The number of hydrogen-bond acceptors (Lipinski definition) is 7. The molecule has 3 N–H and O–H groups in total. The molecule has 2 heterocycles. The van der Waals surface area contributed by atoms with Gasteiger partial charge in [0.2, 0.25) is 0 Å². The van der Waals surface area contributed by atoms with Crippen molar-refractivity contribution in [1.82, 2.24) is 16.0 Å². The first-order chi connectivity index (χ1) is 14.7. The summed E-state index contributed by atoms with van der Waals surface area (Å²) >= 11 is 0. The molecule has 0 unspecified atom stereocenters. The average Bonchev–Trinajstić information content (AvgIpc) is 3.26. The lowest BCUT2D eigenvalue weighted by atomic mass is 9.99. The third-order valence-corrected chi connectivity index (χ3v) is 6.00. The molecule has 1 aromatic carbocycles. The summed E-state index contributed by atoms with van der Waals surface area (Å²) in [6.45, 7) is 3.96. The minimum Gasteiger partial charge on any atom is -0.467 e. The van der Waals surface area contributed by atoms with Crippen molar-refractivity contribution in [2.75, 3.05) is 19.4 Å². The number of carbonyl (C=O) groups excluding carboxylic acids is 2. The van der Waals surface area contributed by atoms with E-state index in [2.05, 4.69) is 16.0 Å². The van der Waals surface area contributed by atoms with Gasteiger partial charge in [0.05, 0.1) is 23.3 Å². The standard InChI is InChI=1S/C21H25N3O6S/c1-4-29-20(25)18-16(23-21(26)24-19(18)17-6-5-11-30-17)12-22-13(2)14-7-9-15(10-8-14)31(3,27)28/h5-11,13,19,22H,4,12H2,1-3H3,(H2,23,24,26)/t13-,19+/m0/s1. The number of hydrogen-bond donors (Lipinski definition) is 3. The maximum absolute atomic E-state index is 12.7. The lowest BCUT2D eigenvalue weighted by Gasteiger charge is -2.28. The molecule has 2 aromatic rings. The van der Waals surface area contributed by atoms with Gasteiger partial charge < -0.3 is 25.1 Å². The number of furan rings is 1. The molecule has 31 heavy (non-hydrogen) atoms. The highest BCUT2D eigenvalue weighted by molar-refractivity contribution is 7.90. The third-order valence-electron chi connectivity index (χ3n) is 4.87. The van der Waals surface area contributed by atoms with Crippen LogP contribution in [0.25, 0.3) is 0 Å². The summed E-state index contributed by atoms with van der Waals surface area (Å²) in [6.07, 6.45) is 2.62. The zero-order valence-corrected chi connectivity index (χ0v) is 18.3. The number of benzene rings is 1. The number of nitrogens with one attached hydrogen (secondary N) is 3. The molecule has 166 valence electrons. The van der Waals surface area contributed by atoms with E-state index in [1.165, 1.54) is 6.26 Å². The minimum absolute atomic E-state index is 0.174. The van der Waals surface area contributed by atoms with Crippen molar-refractivity contribution < 1.29 is 27.2 Å². The van der Waals surface area contributed by atoms with E-state index in [0.717, 1.165) is 11.8 Å². The molecule has 10 heteroatoms. The van der Waals surface area contributed by atoms with Crippen LogP contribution in [0.5, 0.6) is 0 Å². The van der Waals surface area contributed by atoms with Crippen molar-refractivity contribution in [3.8, 4) is 0 Å². The van der Waals surface area contributed by atoms with Crippen LogP contribution in [-0.4, -0.2) is 39.8 Å². The Bertz CT molecular complexity index is 1070. The van der Waals surface area contributed by atoms with Crippen LogP contribution in [0.1, 0.15) is 37.3 Å². The number of ether oxygens (including phenoxy) is 1. The second-order valence-electron chi connectivity index (χ2n) is 7.10. The fraction of sp³-hybridized carbons (Fsp3) is 0.333. The Kier molecular flexibility index (Phi) is 6.81. The van der Waals surface area contributed by atoms with E-state index in [9.17, 15) is 18.0 Å². The Balaban J connectivity index is 1.84. The topological polar surface area (TPSA) is 127 Å². The summed E-state index contributed by atoms with van der Waals surface area (Å²) in [5.41, 5.74) is 1.49. The third kappa shape index (κ3) is 5.33. The van der Waals surface area contributed by atoms with Gasteiger partial charge in [-0.15, -0.1) is 0 Å². The van der Waals surface area contributed by atoms with Gasteiger partial charge in [-0.25, -0.2) is 18.0 Å². The summed E-state index contributed by atoms with van der Waals surface area (Å²) < 4.78 is 33.9. The molecule has 0 saturated carbocycles. The van der Waals surface area contributed by atoms with Crippen LogP contribution in [0.4, 0.5) is 4.79 Å². The summed E-state index contributed by atoms with van der Waals surface area (Å²) in [4.78, 5) is 25.1. The van der Waals surface area contributed by atoms with Crippen LogP contribution in [0, 0.1) is 0 Å².